The average Bonchev–Trinajstić information content (AvgIpc) is 2.71. The third-order valence-corrected chi connectivity index (χ3v) is 12.0. The molecule has 0 nitrogen and oxygen atoms in total. The second-order valence-corrected chi connectivity index (χ2v) is 13.6. The summed E-state index contributed by atoms with van der Waals surface area (Å²) in [6.07, 6.45) is 9.59. The summed E-state index contributed by atoms with van der Waals surface area (Å²) in [5, 5.41) is 0. The molecule has 0 unspecified atom stereocenters. The van der Waals surface area contributed by atoms with E-state index in [1.165, 1.54) is 63.5 Å². The Kier molecular flexibility index (Phi) is 9.00. The van der Waals surface area contributed by atoms with Gasteiger partial charge in [-0.1, -0.05) is 83.2 Å². The first-order chi connectivity index (χ1) is 14.8. The van der Waals surface area contributed by atoms with Gasteiger partial charge in [-0.2, -0.15) is 13.2 Å². The molecular weight excluding hydrogens is 423 g/mol. The number of aryl methyl sites for hydroxylation is 1. The second kappa shape index (κ2) is 11.3. The number of unbranched alkanes of at least 4 members (excludes halogenated alkanes) is 1. The topological polar surface area (TPSA) is 0 Å². The van der Waals surface area contributed by atoms with Gasteiger partial charge >= 0.3 is 6.18 Å². The molecule has 6 heteroatoms. The van der Waals surface area contributed by atoms with Crippen LogP contribution in [-0.4, -0.2) is 8.80 Å². The fourth-order valence-corrected chi connectivity index (χ4v) is 10.5. The molecule has 31 heavy (non-hydrogen) atoms. The van der Waals surface area contributed by atoms with E-state index in [9.17, 15) is 22.0 Å². The van der Waals surface area contributed by atoms with Gasteiger partial charge in [0.2, 0.25) is 0 Å². The molecule has 1 heterocycles. The summed E-state index contributed by atoms with van der Waals surface area (Å²) in [4.78, 5) is 0. The lowest BCUT2D eigenvalue weighted by Crippen LogP contribution is -2.29. The highest BCUT2D eigenvalue weighted by Gasteiger charge is 2.38. The first-order valence-electron chi connectivity index (χ1n) is 12.3. The SMILES string of the molecule is CCC[C@H]1CC[C@H]([SiH]2CCC(CCCCc3cc(F)c(C(F)(F)F)c(F)c3)CC2)CC1. The van der Waals surface area contributed by atoms with Crippen LogP contribution in [0.1, 0.15) is 88.7 Å². The maximum absolute atomic E-state index is 13.7. The molecule has 1 saturated carbocycles. The Balaban J connectivity index is 1.35. The molecule has 3 rings (SSSR count). The quantitative estimate of drug-likeness (QED) is 0.207. The normalized spacial score (nSPS) is 27.4. The minimum Gasteiger partial charge on any atom is -0.206 e. The maximum atomic E-state index is 13.7. The van der Waals surface area contributed by atoms with Gasteiger partial charge in [-0.25, -0.2) is 8.78 Å². The predicted molar refractivity (Wildman–Crippen MR) is 119 cm³/mol. The molecule has 1 saturated heterocycles. The van der Waals surface area contributed by atoms with Crippen molar-refractivity contribution in [3.05, 3.63) is 34.9 Å². The van der Waals surface area contributed by atoms with E-state index >= 15 is 0 Å². The Morgan fingerprint density at radius 2 is 1.42 bits per heavy atom. The van der Waals surface area contributed by atoms with Gasteiger partial charge in [0.05, 0.1) is 0 Å². The molecule has 1 aliphatic heterocycles. The predicted octanol–water partition coefficient (Wildman–Crippen LogP) is 8.69. The maximum Gasteiger partial charge on any atom is 0.422 e. The van der Waals surface area contributed by atoms with Gasteiger partial charge in [-0.05, 0) is 47.9 Å². The summed E-state index contributed by atoms with van der Waals surface area (Å²) in [5.41, 5.74) is -0.396. The lowest BCUT2D eigenvalue weighted by molar-refractivity contribution is -0.142. The van der Waals surface area contributed by atoms with Crippen molar-refractivity contribution in [2.45, 2.75) is 108 Å². The zero-order chi connectivity index (χ0) is 22.4. The third-order valence-electron chi connectivity index (χ3n) is 7.86. The van der Waals surface area contributed by atoms with Gasteiger partial charge in [-0.3, -0.25) is 0 Å². The highest BCUT2D eigenvalue weighted by atomic mass is 28.3. The average molecular weight is 461 g/mol. The van der Waals surface area contributed by atoms with E-state index in [-0.39, 0.29) is 0 Å². The van der Waals surface area contributed by atoms with Crippen LogP contribution < -0.4 is 0 Å². The van der Waals surface area contributed by atoms with Gasteiger partial charge in [0.1, 0.15) is 17.2 Å². The molecule has 0 radical (unpaired) electrons. The number of hydrogen-bond donors (Lipinski definition) is 0. The van der Waals surface area contributed by atoms with E-state index < -0.39 is 32.2 Å². The molecule has 2 aliphatic rings. The van der Waals surface area contributed by atoms with Crippen LogP contribution in [0.4, 0.5) is 22.0 Å². The molecular formula is C25H37F5Si. The lowest BCUT2D eigenvalue weighted by atomic mass is 9.86. The number of halogens is 5. The zero-order valence-corrected chi connectivity index (χ0v) is 19.9. The number of alkyl halides is 3. The summed E-state index contributed by atoms with van der Waals surface area (Å²) in [6, 6.07) is 4.64. The van der Waals surface area contributed by atoms with Crippen molar-refractivity contribution >= 4 is 8.80 Å². The molecule has 2 fully saturated rings. The Hall–Kier alpha value is -0.913. The van der Waals surface area contributed by atoms with Crippen molar-refractivity contribution in [1.82, 2.24) is 0 Å². The molecule has 0 atom stereocenters. The van der Waals surface area contributed by atoms with Crippen LogP contribution in [0.25, 0.3) is 0 Å². The Bertz CT molecular complexity index is 663. The van der Waals surface area contributed by atoms with Gasteiger partial charge in [0, 0.05) is 8.80 Å². The molecule has 1 aromatic rings. The molecule has 0 bridgehead atoms. The zero-order valence-electron chi connectivity index (χ0n) is 18.8. The fourth-order valence-electron chi connectivity index (χ4n) is 6.11. The van der Waals surface area contributed by atoms with Gasteiger partial charge in [-0.15, -0.1) is 0 Å². The summed E-state index contributed by atoms with van der Waals surface area (Å²) in [7, 11) is -0.589. The Labute approximate surface area is 185 Å². The Morgan fingerprint density at radius 3 is 1.97 bits per heavy atom. The van der Waals surface area contributed by atoms with Crippen LogP contribution >= 0.6 is 0 Å². The summed E-state index contributed by atoms with van der Waals surface area (Å²) in [6.45, 7) is 2.29. The Morgan fingerprint density at radius 1 is 0.839 bits per heavy atom. The summed E-state index contributed by atoms with van der Waals surface area (Å²) in [5.74, 6) is -1.26. The molecule has 0 aromatic heterocycles. The van der Waals surface area contributed by atoms with E-state index in [0.29, 0.717) is 12.0 Å². The largest absolute Gasteiger partial charge is 0.422 e. The molecule has 0 N–H and O–H groups in total. The van der Waals surface area contributed by atoms with Crippen LogP contribution in [0.3, 0.4) is 0 Å². The molecule has 176 valence electrons. The van der Waals surface area contributed by atoms with Crippen LogP contribution in [0.5, 0.6) is 0 Å². The molecule has 0 amide bonds. The van der Waals surface area contributed by atoms with Crippen molar-refractivity contribution in [2.24, 2.45) is 11.8 Å². The van der Waals surface area contributed by atoms with Gasteiger partial charge in [0.25, 0.3) is 0 Å². The second-order valence-electron chi connectivity index (χ2n) is 10.0. The summed E-state index contributed by atoms with van der Waals surface area (Å²) < 4.78 is 65.4. The highest BCUT2D eigenvalue weighted by molar-refractivity contribution is 6.60. The van der Waals surface area contributed by atoms with Crippen LogP contribution in [0.2, 0.25) is 17.6 Å². The van der Waals surface area contributed by atoms with Gasteiger partial charge < -0.3 is 0 Å². The van der Waals surface area contributed by atoms with Crippen molar-refractivity contribution in [3.63, 3.8) is 0 Å². The van der Waals surface area contributed by atoms with E-state index in [1.807, 2.05) is 0 Å². The minimum atomic E-state index is -5.00. The van der Waals surface area contributed by atoms with E-state index in [0.717, 1.165) is 48.8 Å². The summed E-state index contributed by atoms with van der Waals surface area (Å²) >= 11 is 0. The third kappa shape index (κ3) is 7.03. The number of benzene rings is 1. The fraction of sp³-hybridized carbons (Fsp3) is 0.760. The minimum absolute atomic E-state index is 0.317. The number of hydrogen-bond acceptors (Lipinski definition) is 0. The van der Waals surface area contributed by atoms with Crippen molar-refractivity contribution in [3.8, 4) is 0 Å². The molecule has 1 aromatic carbocycles. The number of rotatable bonds is 8. The standard InChI is InChI=1S/C25H37F5Si/c1-2-5-18-8-10-21(11-9-18)31-14-12-19(13-15-31)6-3-4-7-20-16-22(26)24(23(27)17-20)25(28,29)30/h16-19,21,31H,2-15H2,1H3/t18-,19?,21-,31?. The van der Waals surface area contributed by atoms with Crippen LogP contribution in [0.15, 0.2) is 12.1 Å². The molecule has 1 aliphatic carbocycles. The van der Waals surface area contributed by atoms with E-state index in [2.05, 4.69) is 6.92 Å². The van der Waals surface area contributed by atoms with Crippen molar-refractivity contribution in [2.75, 3.05) is 0 Å². The monoisotopic (exact) mass is 460 g/mol. The lowest BCUT2D eigenvalue weighted by Gasteiger charge is -2.37. The van der Waals surface area contributed by atoms with Crippen LogP contribution in [-0.2, 0) is 12.6 Å². The highest BCUT2D eigenvalue weighted by Crippen LogP contribution is 2.42. The first kappa shape index (κ1) is 24.7. The van der Waals surface area contributed by atoms with Crippen LogP contribution in [0, 0.1) is 23.5 Å². The smallest absolute Gasteiger partial charge is 0.206 e. The first-order valence-corrected chi connectivity index (χ1v) is 14.6. The van der Waals surface area contributed by atoms with Crippen molar-refractivity contribution in [1.29, 1.82) is 0 Å². The van der Waals surface area contributed by atoms with Crippen molar-refractivity contribution < 1.29 is 22.0 Å². The molecule has 0 spiro atoms. The van der Waals surface area contributed by atoms with Gasteiger partial charge in [0.15, 0.2) is 0 Å². The van der Waals surface area contributed by atoms with E-state index in [1.54, 1.807) is 0 Å². The van der Waals surface area contributed by atoms with E-state index in [4.69, 9.17) is 0 Å².